The van der Waals surface area contributed by atoms with Crippen LogP contribution < -0.4 is 0 Å². The molecule has 264 valence electrons. The van der Waals surface area contributed by atoms with Gasteiger partial charge in [0.25, 0.3) is 0 Å². The van der Waals surface area contributed by atoms with Crippen molar-refractivity contribution in [2.45, 2.75) is 24.9 Å². The first-order valence-corrected chi connectivity index (χ1v) is 16.1. The molecule has 0 saturated heterocycles. The van der Waals surface area contributed by atoms with Crippen LogP contribution in [0.3, 0.4) is 0 Å². The summed E-state index contributed by atoms with van der Waals surface area (Å²) in [6.45, 7) is -5.71. The number of aryl methyl sites for hydroxylation is 1. The number of phosphoric ester groups is 1. The average Bonchev–Trinajstić information content (AvgIpc) is 2.99. The van der Waals surface area contributed by atoms with E-state index >= 15 is 0 Å². The molecule has 0 aromatic heterocycles. The number of rotatable bonds is 25. The first-order chi connectivity index (χ1) is 22.6. The summed E-state index contributed by atoms with van der Waals surface area (Å²) in [5.74, 6) is -6.99. The monoisotopic (exact) mass is 697 g/mol. The first-order valence-electron chi connectivity index (χ1n) is 14.6. The van der Waals surface area contributed by atoms with Crippen molar-refractivity contribution >= 4 is 37.7 Å². The lowest BCUT2D eigenvalue weighted by Crippen LogP contribution is -2.52. The Bertz CT molecular complexity index is 1370. The van der Waals surface area contributed by atoms with Gasteiger partial charge in [0.15, 0.2) is 0 Å². The third-order valence-electron chi connectivity index (χ3n) is 6.89. The molecule has 0 aliphatic heterocycles. The summed E-state index contributed by atoms with van der Waals surface area (Å²) < 4.78 is 23.0. The molecule has 2 rings (SSSR count). The molecule has 6 N–H and O–H groups in total. The topological polar surface area (TPSA) is 252 Å². The molecule has 0 bridgehead atoms. The molecule has 0 spiro atoms. The summed E-state index contributed by atoms with van der Waals surface area (Å²) in [6, 6.07) is 14.9. The molecular formula is C30H40N3O14P. The fourth-order valence-corrected chi connectivity index (χ4v) is 5.72. The maximum Gasteiger partial charge on any atom is 0.472 e. The molecule has 0 aliphatic rings. The molecule has 0 aliphatic carbocycles. The highest BCUT2D eigenvalue weighted by molar-refractivity contribution is 7.47. The smallest absolute Gasteiger partial charge is 0.472 e. The van der Waals surface area contributed by atoms with E-state index in [4.69, 9.17) is 9.05 Å². The fourth-order valence-electron chi connectivity index (χ4n) is 4.92. The van der Waals surface area contributed by atoms with Gasteiger partial charge in [0.2, 0.25) is 0 Å². The standard InChI is InChI=1S/C30H40N3O14P/c34-26(35)16-31(15-25(23-11-5-2-6-12-23)33(19-29(40)41)20-30(42)43)14-24(32(17-27(36)37)18-28(38)39)21-47-48(44,45)46-13-7-10-22-8-3-1-4-9-22/h1-6,8-9,11-12,24-25H,7,10,13-21H2,(H,34,35)(H,36,37)(H,38,39)(H,40,41)(H,42,43)(H,44,45). The van der Waals surface area contributed by atoms with Crippen molar-refractivity contribution < 1.29 is 68.0 Å². The molecule has 0 heterocycles. The predicted octanol–water partition coefficient (Wildman–Crippen LogP) is 1.19. The van der Waals surface area contributed by atoms with Crippen LogP contribution in [-0.4, -0.2) is 140 Å². The second kappa shape index (κ2) is 20.2. The van der Waals surface area contributed by atoms with Crippen LogP contribution in [-0.2, 0) is 44.0 Å². The molecule has 2 aromatic rings. The third-order valence-corrected chi connectivity index (χ3v) is 7.88. The van der Waals surface area contributed by atoms with Crippen molar-refractivity contribution in [3.63, 3.8) is 0 Å². The molecule has 3 atom stereocenters. The van der Waals surface area contributed by atoms with Crippen molar-refractivity contribution in [2.24, 2.45) is 0 Å². The lowest BCUT2D eigenvalue weighted by molar-refractivity contribution is -0.145. The van der Waals surface area contributed by atoms with Gasteiger partial charge in [-0.25, -0.2) is 4.57 Å². The Morgan fingerprint density at radius 2 is 1.12 bits per heavy atom. The van der Waals surface area contributed by atoms with E-state index < -0.39 is 95.6 Å². The van der Waals surface area contributed by atoms with Crippen LogP contribution in [0.4, 0.5) is 0 Å². The van der Waals surface area contributed by atoms with Crippen molar-refractivity contribution in [3.8, 4) is 0 Å². The number of aliphatic carboxylic acids is 5. The minimum Gasteiger partial charge on any atom is -0.480 e. The van der Waals surface area contributed by atoms with Crippen molar-refractivity contribution in [2.75, 3.05) is 59.0 Å². The highest BCUT2D eigenvalue weighted by atomic mass is 31.2. The van der Waals surface area contributed by atoms with E-state index in [1.165, 1.54) is 4.90 Å². The van der Waals surface area contributed by atoms with Crippen molar-refractivity contribution in [1.82, 2.24) is 14.7 Å². The van der Waals surface area contributed by atoms with E-state index in [9.17, 15) is 59.0 Å². The number of benzene rings is 2. The van der Waals surface area contributed by atoms with E-state index in [1.807, 2.05) is 30.3 Å². The highest BCUT2D eigenvalue weighted by Crippen LogP contribution is 2.43. The van der Waals surface area contributed by atoms with E-state index in [2.05, 4.69) is 0 Å². The molecule has 17 nitrogen and oxygen atoms in total. The Labute approximate surface area is 276 Å². The fraction of sp³-hybridized carbons (Fsp3) is 0.433. The Morgan fingerprint density at radius 3 is 1.62 bits per heavy atom. The lowest BCUT2D eigenvalue weighted by atomic mass is 10.0. The molecule has 3 unspecified atom stereocenters. The minimum absolute atomic E-state index is 0.186. The zero-order valence-electron chi connectivity index (χ0n) is 25.9. The number of carboxylic acid groups (broad SMARTS) is 5. The molecule has 0 fully saturated rings. The molecular weight excluding hydrogens is 657 g/mol. The summed E-state index contributed by atoms with van der Waals surface area (Å²) in [6.07, 6.45) is 0.879. The third kappa shape index (κ3) is 16.1. The van der Waals surface area contributed by atoms with E-state index in [1.54, 1.807) is 30.3 Å². The van der Waals surface area contributed by atoms with E-state index in [0.29, 0.717) is 18.4 Å². The van der Waals surface area contributed by atoms with Crippen molar-refractivity contribution in [3.05, 3.63) is 71.8 Å². The molecule has 48 heavy (non-hydrogen) atoms. The van der Waals surface area contributed by atoms with Gasteiger partial charge in [-0.3, -0.25) is 47.7 Å². The van der Waals surface area contributed by atoms with Crippen LogP contribution >= 0.6 is 7.82 Å². The number of carboxylic acids is 5. The van der Waals surface area contributed by atoms with Crippen LogP contribution in [0.5, 0.6) is 0 Å². The Morgan fingerprint density at radius 1 is 0.646 bits per heavy atom. The van der Waals surface area contributed by atoms with Crippen LogP contribution in [0.1, 0.15) is 23.6 Å². The lowest BCUT2D eigenvalue weighted by Gasteiger charge is -2.37. The number of carbonyl (C=O) groups is 5. The summed E-state index contributed by atoms with van der Waals surface area (Å²) >= 11 is 0. The van der Waals surface area contributed by atoms with Gasteiger partial charge in [0.1, 0.15) is 0 Å². The average molecular weight is 698 g/mol. The Hall–Kier alpha value is -4.22. The summed E-state index contributed by atoms with van der Waals surface area (Å²) in [5, 5.41) is 47.7. The van der Waals surface area contributed by atoms with Crippen LogP contribution in [0.2, 0.25) is 0 Å². The van der Waals surface area contributed by atoms with Gasteiger partial charge in [0, 0.05) is 25.2 Å². The van der Waals surface area contributed by atoms with Gasteiger partial charge in [-0.1, -0.05) is 60.7 Å². The predicted molar refractivity (Wildman–Crippen MR) is 167 cm³/mol. The second-order valence-corrected chi connectivity index (χ2v) is 12.2. The molecule has 18 heteroatoms. The largest absolute Gasteiger partial charge is 0.480 e. The van der Waals surface area contributed by atoms with Gasteiger partial charge >= 0.3 is 37.7 Å². The number of hydrogen-bond donors (Lipinski definition) is 6. The number of nitrogens with zero attached hydrogens (tertiary/aromatic N) is 3. The molecule has 2 aromatic carbocycles. The highest BCUT2D eigenvalue weighted by Gasteiger charge is 2.33. The van der Waals surface area contributed by atoms with Crippen LogP contribution in [0, 0.1) is 0 Å². The van der Waals surface area contributed by atoms with E-state index in [0.717, 1.165) is 15.4 Å². The van der Waals surface area contributed by atoms with Gasteiger partial charge in [0.05, 0.1) is 45.9 Å². The second-order valence-electron chi connectivity index (χ2n) is 10.7. The number of hydrogen-bond acceptors (Lipinski definition) is 11. The van der Waals surface area contributed by atoms with Gasteiger partial charge in [-0.05, 0) is 24.0 Å². The van der Waals surface area contributed by atoms with Crippen molar-refractivity contribution in [1.29, 1.82) is 0 Å². The van der Waals surface area contributed by atoms with Crippen LogP contribution in [0.15, 0.2) is 60.7 Å². The number of phosphoric acid groups is 1. The SMILES string of the molecule is O=C(O)CN(CC(COP(=O)(O)OCCCc1ccccc1)N(CC(=O)O)CC(=O)O)CC(c1ccccc1)N(CC(=O)O)CC(=O)O. The molecule has 0 amide bonds. The zero-order chi connectivity index (χ0) is 35.7. The molecule has 0 radical (unpaired) electrons. The van der Waals surface area contributed by atoms with Gasteiger partial charge in [-0.2, -0.15) is 0 Å². The summed E-state index contributed by atoms with van der Waals surface area (Å²) in [5.41, 5.74) is 1.39. The maximum absolute atomic E-state index is 12.8. The minimum atomic E-state index is -4.76. The molecule has 0 saturated carbocycles. The first kappa shape index (κ1) is 40.0. The Kier molecular flexibility index (Phi) is 16.8. The van der Waals surface area contributed by atoms with E-state index in [-0.39, 0.29) is 13.2 Å². The zero-order valence-corrected chi connectivity index (χ0v) is 26.8. The van der Waals surface area contributed by atoms with Gasteiger partial charge in [-0.15, -0.1) is 0 Å². The normalized spacial score (nSPS) is 14.0. The Balaban J connectivity index is 2.37. The van der Waals surface area contributed by atoms with Gasteiger partial charge < -0.3 is 30.4 Å². The maximum atomic E-state index is 12.8. The summed E-state index contributed by atoms with van der Waals surface area (Å²) in [7, 11) is -4.76. The quantitative estimate of drug-likeness (QED) is 0.0629. The van der Waals surface area contributed by atoms with Crippen LogP contribution in [0.25, 0.3) is 0 Å². The summed E-state index contributed by atoms with van der Waals surface area (Å²) in [4.78, 5) is 72.2.